The zero-order valence-corrected chi connectivity index (χ0v) is 17.5. The number of aliphatic imine (C=N–C) groups is 1. The summed E-state index contributed by atoms with van der Waals surface area (Å²) < 4.78 is 5.84. The molecule has 2 aromatic rings. The Morgan fingerprint density at radius 2 is 2.00 bits per heavy atom. The summed E-state index contributed by atoms with van der Waals surface area (Å²) in [4.78, 5) is 16.7. The summed E-state index contributed by atoms with van der Waals surface area (Å²) in [5, 5.41) is 16.4. The SMILES string of the molecule is CCC(CC)C1=NN2C(=N)/C(=C/c3ccc(-c4ccccc4Cl)o3)C(=O)N=C2S1. The van der Waals surface area contributed by atoms with Gasteiger partial charge in [-0.05, 0) is 54.9 Å². The highest BCUT2D eigenvalue weighted by atomic mass is 35.5. The molecule has 0 saturated carbocycles. The number of halogens is 1. The number of nitrogens with zero attached hydrogens (tertiary/aromatic N) is 3. The third-order valence-corrected chi connectivity index (χ3v) is 6.26. The molecule has 29 heavy (non-hydrogen) atoms. The Bertz CT molecular complexity index is 1080. The van der Waals surface area contributed by atoms with E-state index in [2.05, 4.69) is 23.9 Å². The molecule has 0 saturated heterocycles. The average molecular weight is 427 g/mol. The Kier molecular flexibility index (Phi) is 5.43. The molecule has 1 amide bonds. The highest BCUT2D eigenvalue weighted by Gasteiger charge is 2.37. The van der Waals surface area contributed by atoms with Gasteiger partial charge in [0.25, 0.3) is 5.91 Å². The van der Waals surface area contributed by atoms with Crippen LogP contribution < -0.4 is 0 Å². The monoisotopic (exact) mass is 426 g/mol. The molecule has 0 aliphatic carbocycles. The van der Waals surface area contributed by atoms with Crippen LogP contribution in [0.25, 0.3) is 17.4 Å². The average Bonchev–Trinajstić information content (AvgIpc) is 3.34. The van der Waals surface area contributed by atoms with Gasteiger partial charge in [0, 0.05) is 11.5 Å². The zero-order chi connectivity index (χ0) is 20.5. The fourth-order valence-electron chi connectivity index (χ4n) is 3.19. The molecule has 8 heteroatoms. The number of carbonyl (C=O) groups is 1. The van der Waals surface area contributed by atoms with Crippen LogP contribution in [0.4, 0.5) is 0 Å². The number of carbonyl (C=O) groups excluding carboxylic acids is 1. The van der Waals surface area contributed by atoms with Crippen LogP contribution in [-0.2, 0) is 4.79 Å². The molecule has 2 aliphatic heterocycles. The Hall–Kier alpha value is -2.64. The van der Waals surface area contributed by atoms with Gasteiger partial charge in [-0.1, -0.05) is 37.6 Å². The van der Waals surface area contributed by atoms with Crippen molar-refractivity contribution in [1.82, 2.24) is 5.01 Å². The fraction of sp³-hybridized carbons (Fsp3) is 0.238. The van der Waals surface area contributed by atoms with Crippen molar-refractivity contribution in [1.29, 1.82) is 5.41 Å². The Balaban J connectivity index is 1.64. The summed E-state index contributed by atoms with van der Waals surface area (Å²) in [6.45, 7) is 4.21. The molecule has 1 aromatic carbocycles. The quantitative estimate of drug-likeness (QED) is 0.625. The molecule has 1 N–H and O–H groups in total. The number of hydrogen-bond donors (Lipinski definition) is 1. The van der Waals surface area contributed by atoms with Crippen LogP contribution in [0.5, 0.6) is 0 Å². The number of thioether (sulfide) groups is 1. The van der Waals surface area contributed by atoms with E-state index < -0.39 is 5.91 Å². The maximum atomic E-state index is 12.5. The van der Waals surface area contributed by atoms with E-state index in [4.69, 9.17) is 21.4 Å². The van der Waals surface area contributed by atoms with Crippen molar-refractivity contribution >= 4 is 51.4 Å². The van der Waals surface area contributed by atoms with Gasteiger partial charge in [0.2, 0.25) is 5.17 Å². The molecule has 0 bridgehead atoms. The molecule has 0 radical (unpaired) electrons. The van der Waals surface area contributed by atoms with E-state index >= 15 is 0 Å². The van der Waals surface area contributed by atoms with Gasteiger partial charge in [-0.25, -0.2) is 0 Å². The predicted molar refractivity (Wildman–Crippen MR) is 118 cm³/mol. The lowest BCUT2D eigenvalue weighted by atomic mass is 10.1. The number of rotatable bonds is 5. The standard InChI is InChI=1S/C21H19ClN4O2S/c1-3-12(4-2)20-25-26-18(23)15(19(27)24-21(26)29-20)11-13-9-10-17(28-13)14-7-5-6-8-16(14)22/h5-12,23H,3-4H2,1-2H3/b15-11-,23-18?. The number of nitrogens with one attached hydrogen (secondary N) is 1. The van der Waals surface area contributed by atoms with Gasteiger partial charge in [0.15, 0.2) is 5.84 Å². The minimum Gasteiger partial charge on any atom is -0.457 e. The van der Waals surface area contributed by atoms with Crippen molar-refractivity contribution in [2.24, 2.45) is 16.0 Å². The van der Waals surface area contributed by atoms with Crippen LogP contribution in [0.1, 0.15) is 32.4 Å². The molecule has 2 aliphatic rings. The van der Waals surface area contributed by atoms with E-state index in [0.717, 1.165) is 23.4 Å². The Labute approximate surface area is 177 Å². The van der Waals surface area contributed by atoms with Crippen LogP contribution in [0.2, 0.25) is 5.02 Å². The zero-order valence-electron chi connectivity index (χ0n) is 16.0. The summed E-state index contributed by atoms with van der Waals surface area (Å²) in [5.41, 5.74) is 0.906. The molecule has 0 spiro atoms. The van der Waals surface area contributed by atoms with E-state index in [1.54, 1.807) is 18.2 Å². The maximum absolute atomic E-state index is 12.5. The van der Waals surface area contributed by atoms with Gasteiger partial charge in [-0.15, -0.1) is 0 Å². The second kappa shape index (κ2) is 8.00. The number of hydrazone groups is 1. The minimum atomic E-state index is -0.467. The lowest BCUT2D eigenvalue weighted by molar-refractivity contribution is -0.114. The first kappa shape index (κ1) is 19.7. The van der Waals surface area contributed by atoms with E-state index in [1.165, 1.54) is 22.8 Å². The van der Waals surface area contributed by atoms with Crippen LogP contribution >= 0.6 is 23.4 Å². The molecule has 0 unspecified atom stereocenters. The summed E-state index contributed by atoms with van der Waals surface area (Å²) in [7, 11) is 0. The van der Waals surface area contributed by atoms with E-state index in [9.17, 15) is 4.79 Å². The summed E-state index contributed by atoms with van der Waals surface area (Å²) in [6.07, 6.45) is 3.43. The van der Waals surface area contributed by atoms with E-state index in [1.807, 2.05) is 18.2 Å². The second-order valence-electron chi connectivity index (χ2n) is 6.65. The Morgan fingerprint density at radius 3 is 2.72 bits per heavy atom. The molecular weight excluding hydrogens is 408 g/mol. The summed E-state index contributed by atoms with van der Waals surface area (Å²) in [5.74, 6) is 0.872. The van der Waals surface area contributed by atoms with E-state index in [-0.39, 0.29) is 11.4 Å². The first-order valence-corrected chi connectivity index (χ1v) is 10.6. The number of hydrogen-bond acceptors (Lipinski definition) is 5. The van der Waals surface area contributed by atoms with Gasteiger partial charge in [0.1, 0.15) is 16.6 Å². The topological polar surface area (TPSA) is 82.0 Å². The second-order valence-corrected chi connectivity index (χ2v) is 8.05. The lowest BCUT2D eigenvalue weighted by Crippen LogP contribution is -2.35. The number of benzene rings is 1. The lowest BCUT2D eigenvalue weighted by Gasteiger charge is -2.19. The molecule has 0 atom stereocenters. The third kappa shape index (κ3) is 3.68. The molecule has 4 rings (SSSR count). The molecule has 3 heterocycles. The Morgan fingerprint density at radius 1 is 1.24 bits per heavy atom. The van der Waals surface area contributed by atoms with Gasteiger partial charge < -0.3 is 4.42 Å². The first-order chi connectivity index (χ1) is 14.0. The van der Waals surface area contributed by atoms with Crippen LogP contribution in [0, 0.1) is 11.3 Å². The van der Waals surface area contributed by atoms with Crippen molar-refractivity contribution in [3.05, 3.63) is 52.8 Å². The number of amides is 1. The molecule has 6 nitrogen and oxygen atoms in total. The van der Waals surface area contributed by atoms with Crippen molar-refractivity contribution < 1.29 is 9.21 Å². The predicted octanol–water partition coefficient (Wildman–Crippen LogP) is 5.66. The molecular formula is C21H19ClN4O2S. The van der Waals surface area contributed by atoms with Crippen molar-refractivity contribution in [3.8, 4) is 11.3 Å². The smallest absolute Gasteiger partial charge is 0.283 e. The molecule has 148 valence electrons. The van der Waals surface area contributed by atoms with Gasteiger partial charge in [-0.2, -0.15) is 15.1 Å². The maximum Gasteiger partial charge on any atom is 0.283 e. The van der Waals surface area contributed by atoms with Gasteiger partial charge in [0.05, 0.1) is 10.6 Å². The first-order valence-electron chi connectivity index (χ1n) is 9.36. The number of amidine groups is 2. The summed E-state index contributed by atoms with van der Waals surface area (Å²) >= 11 is 7.59. The summed E-state index contributed by atoms with van der Waals surface area (Å²) in [6, 6.07) is 10.9. The normalized spacial score (nSPS) is 17.8. The van der Waals surface area contributed by atoms with Gasteiger partial charge >= 0.3 is 0 Å². The van der Waals surface area contributed by atoms with E-state index in [0.29, 0.717) is 27.6 Å². The fourth-order valence-corrected chi connectivity index (χ4v) is 4.57. The van der Waals surface area contributed by atoms with Crippen LogP contribution in [0.15, 0.2) is 56.5 Å². The van der Waals surface area contributed by atoms with Gasteiger partial charge in [-0.3, -0.25) is 10.2 Å². The van der Waals surface area contributed by atoms with Crippen LogP contribution in [-0.4, -0.2) is 27.0 Å². The largest absolute Gasteiger partial charge is 0.457 e. The third-order valence-electron chi connectivity index (χ3n) is 4.86. The van der Waals surface area contributed by atoms with Crippen molar-refractivity contribution in [3.63, 3.8) is 0 Å². The van der Waals surface area contributed by atoms with Crippen molar-refractivity contribution in [2.75, 3.05) is 0 Å². The van der Waals surface area contributed by atoms with Crippen molar-refractivity contribution in [2.45, 2.75) is 26.7 Å². The highest BCUT2D eigenvalue weighted by Crippen LogP contribution is 2.34. The number of furan rings is 1. The number of fused-ring (bicyclic) bond motifs is 1. The van der Waals surface area contributed by atoms with Crippen LogP contribution in [0.3, 0.4) is 0 Å². The molecule has 1 aromatic heterocycles. The minimum absolute atomic E-state index is 0.00384. The highest BCUT2D eigenvalue weighted by molar-refractivity contribution is 8.27. The molecule has 0 fully saturated rings.